The van der Waals surface area contributed by atoms with Crippen molar-refractivity contribution in [3.8, 4) is 0 Å². The summed E-state index contributed by atoms with van der Waals surface area (Å²) in [5, 5.41) is 0. The number of hydrogen-bond acceptors (Lipinski definition) is 3. The maximum atomic E-state index is 13.0. The van der Waals surface area contributed by atoms with Gasteiger partial charge in [-0.15, -0.1) is 0 Å². The van der Waals surface area contributed by atoms with Crippen molar-refractivity contribution < 1.29 is 14.1 Å². The fourth-order valence-corrected chi connectivity index (χ4v) is 4.65. The van der Waals surface area contributed by atoms with Gasteiger partial charge >= 0.3 is 7.12 Å². The Morgan fingerprint density at radius 3 is 2.38 bits per heavy atom. The molecule has 2 saturated heterocycles. The van der Waals surface area contributed by atoms with Crippen LogP contribution in [0.5, 0.6) is 0 Å². The van der Waals surface area contributed by atoms with Gasteiger partial charge < -0.3 is 14.2 Å². The number of amides is 1. The van der Waals surface area contributed by atoms with Gasteiger partial charge in [0.1, 0.15) is 0 Å². The molecule has 26 heavy (non-hydrogen) atoms. The molecule has 1 aromatic carbocycles. The van der Waals surface area contributed by atoms with Crippen molar-refractivity contribution in [2.24, 2.45) is 11.8 Å². The monoisotopic (exact) mass is 355 g/mol. The minimum Gasteiger partial charge on any atom is -0.399 e. The lowest BCUT2D eigenvalue weighted by Crippen LogP contribution is -2.41. The molecule has 2 atom stereocenters. The topological polar surface area (TPSA) is 38.8 Å². The molecule has 0 bridgehead atoms. The molecule has 0 aromatic heterocycles. The molecule has 2 unspecified atom stereocenters. The first-order valence-corrected chi connectivity index (χ1v) is 9.98. The van der Waals surface area contributed by atoms with E-state index in [1.165, 1.54) is 19.3 Å². The normalized spacial score (nSPS) is 30.0. The Morgan fingerprint density at radius 2 is 1.73 bits per heavy atom. The average Bonchev–Trinajstić information content (AvgIpc) is 3.01. The fraction of sp³-hybridized carbons (Fsp3) is 0.667. The Morgan fingerprint density at radius 1 is 1.08 bits per heavy atom. The molecule has 140 valence electrons. The first-order chi connectivity index (χ1) is 12.2. The minimum absolute atomic E-state index is 0.226. The summed E-state index contributed by atoms with van der Waals surface area (Å²) in [5.41, 5.74) is 2.43. The first-order valence-electron chi connectivity index (χ1n) is 9.98. The van der Waals surface area contributed by atoms with Gasteiger partial charge in [0.15, 0.2) is 0 Å². The van der Waals surface area contributed by atoms with E-state index < -0.39 is 0 Å². The lowest BCUT2D eigenvalue weighted by molar-refractivity contribution is -0.121. The maximum absolute atomic E-state index is 13.0. The number of anilines is 1. The van der Waals surface area contributed by atoms with Gasteiger partial charge in [-0.3, -0.25) is 4.79 Å². The maximum Gasteiger partial charge on any atom is 0.495 e. The van der Waals surface area contributed by atoms with E-state index in [0.29, 0.717) is 11.8 Å². The number of nitrogens with zero attached hydrogens (tertiary/aromatic N) is 1. The van der Waals surface area contributed by atoms with Crippen LogP contribution in [0.1, 0.15) is 58.9 Å². The van der Waals surface area contributed by atoms with Gasteiger partial charge in [-0.05, 0) is 70.5 Å². The largest absolute Gasteiger partial charge is 0.495 e. The Balaban J connectivity index is 1.64. The van der Waals surface area contributed by atoms with E-state index in [4.69, 9.17) is 9.31 Å². The molecule has 2 aliphatic heterocycles. The standard InChI is InChI=1S/C21H30BNO3/c1-14-17(22-25-20(2,3)21(4,5)26-22)11-8-12-18(14)23-13-15-9-6-7-10-16(15)19(23)24/h8,11-12,15-16H,6-7,9-10,13H2,1-5H3. The van der Waals surface area contributed by atoms with E-state index in [9.17, 15) is 4.79 Å². The van der Waals surface area contributed by atoms with Crippen LogP contribution in [0.2, 0.25) is 0 Å². The second-order valence-electron chi connectivity index (χ2n) is 9.18. The summed E-state index contributed by atoms with van der Waals surface area (Å²) in [6, 6.07) is 6.16. The molecule has 0 radical (unpaired) electrons. The van der Waals surface area contributed by atoms with E-state index >= 15 is 0 Å². The van der Waals surface area contributed by atoms with Crippen molar-refractivity contribution in [2.75, 3.05) is 11.4 Å². The summed E-state index contributed by atoms with van der Waals surface area (Å²) in [6.07, 6.45) is 4.68. The molecule has 0 N–H and O–H groups in total. The number of benzene rings is 1. The molecular formula is C21H30BNO3. The van der Waals surface area contributed by atoms with Crippen molar-refractivity contribution in [2.45, 2.75) is 71.5 Å². The van der Waals surface area contributed by atoms with E-state index in [2.05, 4.69) is 46.8 Å². The Bertz CT molecular complexity index is 714. The second kappa shape index (κ2) is 6.10. The molecule has 3 aliphatic rings. The van der Waals surface area contributed by atoms with Crippen molar-refractivity contribution >= 4 is 24.2 Å². The zero-order valence-electron chi connectivity index (χ0n) is 16.7. The highest BCUT2D eigenvalue weighted by atomic mass is 16.7. The van der Waals surface area contributed by atoms with E-state index in [1.807, 2.05) is 11.0 Å². The Kier molecular flexibility index (Phi) is 4.24. The van der Waals surface area contributed by atoms with Crippen LogP contribution in [-0.4, -0.2) is 30.8 Å². The lowest BCUT2D eigenvalue weighted by Gasteiger charge is -2.32. The van der Waals surface area contributed by atoms with Crippen LogP contribution in [0.15, 0.2) is 18.2 Å². The Hall–Kier alpha value is -1.33. The van der Waals surface area contributed by atoms with Crippen LogP contribution in [0, 0.1) is 18.8 Å². The molecule has 2 heterocycles. The molecule has 0 spiro atoms. The fourth-order valence-electron chi connectivity index (χ4n) is 4.65. The lowest BCUT2D eigenvalue weighted by atomic mass is 9.75. The zero-order valence-corrected chi connectivity index (χ0v) is 16.7. The molecule has 5 heteroatoms. The van der Waals surface area contributed by atoms with Gasteiger partial charge in [0.05, 0.1) is 11.2 Å². The van der Waals surface area contributed by atoms with Gasteiger partial charge in [-0.2, -0.15) is 0 Å². The summed E-state index contributed by atoms with van der Waals surface area (Å²) in [7, 11) is -0.389. The van der Waals surface area contributed by atoms with Crippen LogP contribution in [0.4, 0.5) is 5.69 Å². The van der Waals surface area contributed by atoms with Crippen molar-refractivity contribution in [3.05, 3.63) is 23.8 Å². The zero-order chi connectivity index (χ0) is 18.7. The van der Waals surface area contributed by atoms with Gasteiger partial charge in [0, 0.05) is 18.2 Å². The second-order valence-corrected chi connectivity index (χ2v) is 9.18. The number of carbonyl (C=O) groups excluding carboxylic acids is 1. The van der Waals surface area contributed by atoms with Crippen LogP contribution in [-0.2, 0) is 14.1 Å². The third-order valence-corrected chi connectivity index (χ3v) is 7.05. The minimum atomic E-state index is -0.389. The molecule has 4 nitrogen and oxygen atoms in total. The number of rotatable bonds is 2. The van der Waals surface area contributed by atoms with Crippen molar-refractivity contribution in [1.82, 2.24) is 0 Å². The van der Waals surface area contributed by atoms with E-state index in [1.54, 1.807) is 0 Å². The molecule has 3 fully saturated rings. The van der Waals surface area contributed by atoms with Crippen LogP contribution in [0.3, 0.4) is 0 Å². The third-order valence-electron chi connectivity index (χ3n) is 7.05. The summed E-state index contributed by atoms with van der Waals surface area (Å²) in [4.78, 5) is 15.0. The van der Waals surface area contributed by atoms with Gasteiger partial charge in [-0.25, -0.2) is 0 Å². The van der Waals surface area contributed by atoms with E-state index in [0.717, 1.165) is 29.7 Å². The molecule has 4 rings (SSSR count). The Labute approximate surface area is 157 Å². The highest BCUT2D eigenvalue weighted by molar-refractivity contribution is 6.62. The van der Waals surface area contributed by atoms with Gasteiger partial charge in [0.25, 0.3) is 0 Å². The highest BCUT2D eigenvalue weighted by Crippen LogP contribution is 2.40. The summed E-state index contributed by atoms with van der Waals surface area (Å²) in [6.45, 7) is 11.2. The van der Waals surface area contributed by atoms with Crippen LogP contribution in [0.25, 0.3) is 0 Å². The smallest absolute Gasteiger partial charge is 0.399 e. The molecule has 1 aromatic rings. The molecule has 1 amide bonds. The van der Waals surface area contributed by atoms with Gasteiger partial charge in [-0.1, -0.05) is 25.0 Å². The predicted octanol–water partition coefficient (Wildman–Crippen LogP) is 3.45. The van der Waals surface area contributed by atoms with Crippen molar-refractivity contribution in [1.29, 1.82) is 0 Å². The first kappa shape index (κ1) is 18.1. The third kappa shape index (κ3) is 2.71. The SMILES string of the molecule is Cc1c(B2OC(C)(C)C(C)(C)O2)cccc1N1CC2CCCCC2C1=O. The molecular weight excluding hydrogens is 325 g/mol. The van der Waals surface area contributed by atoms with Gasteiger partial charge in [0.2, 0.25) is 5.91 Å². The number of carbonyl (C=O) groups is 1. The van der Waals surface area contributed by atoms with Crippen molar-refractivity contribution in [3.63, 3.8) is 0 Å². The quantitative estimate of drug-likeness (QED) is 0.763. The van der Waals surface area contributed by atoms with Crippen LogP contribution < -0.4 is 10.4 Å². The van der Waals surface area contributed by atoms with Crippen LogP contribution >= 0.6 is 0 Å². The summed E-state index contributed by atoms with van der Waals surface area (Å²) in [5.74, 6) is 1.06. The highest BCUT2D eigenvalue weighted by Gasteiger charge is 2.52. The molecule has 1 saturated carbocycles. The van der Waals surface area contributed by atoms with E-state index in [-0.39, 0.29) is 24.2 Å². The average molecular weight is 355 g/mol. The molecule has 1 aliphatic carbocycles. The summed E-state index contributed by atoms with van der Waals surface area (Å²) >= 11 is 0. The summed E-state index contributed by atoms with van der Waals surface area (Å²) < 4.78 is 12.5. The number of hydrogen-bond donors (Lipinski definition) is 0. The predicted molar refractivity (Wildman–Crippen MR) is 105 cm³/mol. The number of fused-ring (bicyclic) bond motifs is 1.